The quantitative estimate of drug-likeness (QED) is 0.279. The number of fused-ring (bicyclic) bond motifs is 1. The smallest absolute Gasteiger partial charge is 0.313 e. The summed E-state index contributed by atoms with van der Waals surface area (Å²) in [6.45, 7) is 0.0673. The summed E-state index contributed by atoms with van der Waals surface area (Å²) in [5, 5.41) is 21.8. The molecule has 0 spiro atoms. The Morgan fingerprint density at radius 1 is 1.48 bits per heavy atom. The first kappa shape index (κ1) is 22.3. The van der Waals surface area contributed by atoms with Crippen molar-refractivity contribution in [3.8, 4) is 0 Å². The lowest BCUT2D eigenvalue weighted by Crippen LogP contribution is -2.74. The van der Waals surface area contributed by atoms with E-state index in [2.05, 4.69) is 20.5 Å². The van der Waals surface area contributed by atoms with Crippen molar-refractivity contribution < 1.29 is 19.5 Å². The van der Waals surface area contributed by atoms with Crippen LogP contribution in [0.5, 0.6) is 0 Å². The first-order valence-electron chi connectivity index (χ1n) is 8.72. The molecule has 2 aromatic rings. The lowest BCUT2D eigenvalue weighted by Gasteiger charge is -2.53. The second kappa shape index (κ2) is 8.94. The number of hydrogen-bond acceptors (Lipinski definition) is 11. The Bertz CT molecular complexity index is 1050. The Morgan fingerprint density at radius 2 is 2.29 bits per heavy atom. The van der Waals surface area contributed by atoms with E-state index in [1.807, 2.05) is 0 Å². The van der Waals surface area contributed by atoms with Gasteiger partial charge in [-0.15, -0.1) is 33.3 Å². The number of anilines is 1. The second-order valence-corrected chi connectivity index (χ2v) is 11.1. The van der Waals surface area contributed by atoms with Gasteiger partial charge in [0.15, 0.2) is 9.47 Å². The maximum absolute atomic E-state index is 12.7. The maximum atomic E-state index is 12.7. The standard InChI is InChI=1S/C16H15ClN6O4S4/c17-1-7(8-2-28-14(18)20-8)10(24)21-9-11(25)23-3-16(13(26)27,4-29-12(9)23)5-30-15-22-19-6-31-15/h1-2,6,9,12H,3-5H2,(H2,18,20)(H,21,24)(H,26,27)/t9?,12-,16?/m1/s1. The molecule has 0 radical (unpaired) electrons. The van der Waals surface area contributed by atoms with E-state index in [9.17, 15) is 19.5 Å². The fraction of sp³-hybridized carbons (Fsp3) is 0.375. The number of halogens is 1. The van der Waals surface area contributed by atoms with Crippen LogP contribution in [-0.2, 0) is 14.4 Å². The van der Waals surface area contributed by atoms with Gasteiger partial charge in [-0.3, -0.25) is 14.4 Å². The van der Waals surface area contributed by atoms with Crippen molar-refractivity contribution in [2.45, 2.75) is 15.8 Å². The molecule has 2 aromatic heterocycles. The summed E-state index contributed by atoms with van der Waals surface area (Å²) in [5.41, 5.74) is 7.61. The number of amides is 2. The number of carbonyl (C=O) groups is 3. The number of carboxylic acid groups (broad SMARTS) is 1. The summed E-state index contributed by atoms with van der Waals surface area (Å²) >= 11 is 11.0. The van der Waals surface area contributed by atoms with Gasteiger partial charge in [-0.2, -0.15) is 0 Å². The minimum absolute atomic E-state index is 0.0673. The van der Waals surface area contributed by atoms with Crippen LogP contribution in [0.15, 0.2) is 20.8 Å². The third-order valence-corrected chi connectivity index (χ3v) is 9.48. The Balaban J connectivity index is 1.41. The van der Waals surface area contributed by atoms with Gasteiger partial charge in [-0.25, -0.2) is 4.98 Å². The molecule has 10 nitrogen and oxygen atoms in total. The Hall–Kier alpha value is -1.87. The van der Waals surface area contributed by atoms with Crippen LogP contribution in [-0.4, -0.2) is 72.4 Å². The molecule has 0 aromatic carbocycles. The van der Waals surface area contributed by atoms with Crippen LogP contribution in [0.4, 0.5) is 5.13 Å². The number of carbonyl (C=O) groups excluding carboxylic acids is 2. The minimum atomic E-state index is -1.11. The van der Waals surface area contributed by atoms with Gasteiger partial charge in [-0.1, -0.05) is 34.7 Å². The summed E-state index contributed by atoms with van der Waals surface area (Å²) in [6.07, 6.45) is 0. The molecule has 2 amide bonds. The topological polar surface area (TPSA) is 151 Å². The van der Waals surface area contributed by atoms with E-state index in [4.69, 9.17) is 17.3 Å². The van der Waals surface area contributed by atoms with Crippen LogP contribution >= 0.6 is 57.8 Å². The summed E-state index contributed by atoms with van der Waals surface area (Å²) in [5.74, 6) is -1.27. The monoisotopic (exact) mass is 518 g/mol. The van der Waals surface area contributed by atoms with E-state index in [-0.39, 0.29) is 29.2 Å². The first-order chi connectivity index (χ1) is 14.8. The molecule has 0 saturated carbocycles. The first-order valence-corrected chi connectivity index (χ1v) is 12.9. The lowest BCUT2D eigenvalue weighted by atomic mass is 9.89. The van der Waals surface area contributed by atoms with Crippen LogP contribution in [0.2, 0.25) is 0 Å². The highest BCUT2D eigenvalue weighted by Gasteiger charge is 2.57. The normalized spacial score (nSPS) is 25.6. The van der Waals surface area contributed by atoms with Crippen LogP contribution in [0, 0.1) is 5.41 Å². The van der Waals surface area contributed by atoms with Gasteiger partial charge in [0.1, 0.15) is 22.3 Å². The lowest BCUT2D eigenvalue weighted by molar-refractivity contribution is -0.157. The zero-order chi connectivity index (χ0) is 22.2. The molecule has 4 rings (SSSR count). The average molecular weight is 519 g/mol. The highest BCUT2D eigenvalue weighted by atomic mass is 35.5. The van der Waals surface area contributed by atoms with Crippen molar-refractivity contribution in [2.75, 3.05) is 23.8 Å². The van der Waals surface area contributed by atoms with Gasteiger partial charge in [-0.05, 0) is 0 Å². The number of thiazole rings is 1. The summed E-state index contributed by atoms with van der Waals surface area (Å²) < 4.78 is 0.677. The molecular weight excluding hydrogens is 504 g/mol. The van der Waals surface area contributed by atoms with Crippen LogP contribution < -0.4 is 11.1 Å². The van der Waals surface area contributed by atoms with Crippen molar-refractivity contribution >= 4 is 86.3 Å². The van der Waals surface area contributed by atoms with E-state index in [1.54, 1.807) is 10.9 Å². The Morgan fingerprint density at radius 3 is 2.90 bits per heavy atom. The van der Waals surface area contributed by atoms with Gasteiger partial charge < -0.3 is 21.1 Å². The Kier molecular flexibility index (Phi) is 6.44. The molecule has 2 fully saturated rings. The average Bonchev–Trinajstić information content (AvgIpc) is 3.42. The molecule has 31 heavy (non-hydrogen) atoms. The Labute approximate surface area is 197 Å². The zero-order valence-electron chi connectivity index (χ0n) is 15.6. The van der Waals surface area contributed by atoms with E-state index < -0.39 is 23.3 Å². The third kappa shape index (κ3) is 4.26. The number of thioether (sulfide) groups is 2. The molecule has 2 aliphatic heterocycles. The van der Waals surface area contributed by atoms with E-state index >= 15 is 0 Å². The molecule has 4 N–H and O–H groups in total. The molecule has 2 unspecified atom stereocenters. The van der Waals surface area contributed by atoms with Gasteiger partial charge in [0.2, 0.25) is 5.91 Å². The summed E-state index contributed by atoms with van der Waals surface area (Å²) in [7, 11) is 0. The number of nitrogens with zero attached hydrogens (tertiary/aromatic N) is 4. The minimum Gasteiger partial charge on any atom is -0.481 e. The van der Waals surface area contributed by atoms with Crippen molar-refractivity contribution in [1.29, 1.82) is 0 Å². The maximum Gasteiger partial charge on any atom is 0.313 e. The van der Waals surface area contributed by atoms with Gasteiger partial charge >= 0.3 is 5.97 Å². The van der Waals surface area contributed by atoms with Crippen molar-refractivity contribution in [3.63, 3.8) is 0 Å². The number of aromatic nitrogens is 3. The number of aliphatic carboxylic acids is 1. The van der Waals surface area contributed by atoms with Crippen molar-refractivity contribution in [2.24, 2.45) is 5.41 Å². The predicted octanol–water partition coefficient (Wildman–Crippen LogP) is 1.42. The van der Waals surface area contributed by atoms with Gasteiger partial charge in [0, 0.05) is 29.0 Å². The van der Waals surface area contributed by atoms with Crippen LogP contribution in [0.25, 0.3) is 5.57 Å². The van der Waals surface area contributed by atoms with Gasteiger partial charge in [0.05, 0.1) is 11.3 Å². The van der Waals surface area contributed by atoms with Crippen LogP contribution in [0.1, 0.15) is 5.69 Å². The molecule has 164 valence electrons. The van der Waals surface area contributed by atoms with E-state index in [0.29, 0.717) is 20.9 Å². The number of β-lactam (4-membered cyclic amide) rings is 1. The molecule has 15 heteroatoms. The van der Waals surface area contributed by atoms with E-state index in [0.717, 1.165) is 5.54 Å². The summed E-state index contributed by atoms with van der Waals surface area (Å²) in [6, 6.07) is -0.761. The molecule has 3 atom stereocenters. The molecule has 0 bridgehead atoms. The third-order valence-electron chi connectivity index (χ3n) is 4.85. The molecule has 2 aliphatic rings. The molecular formula is C16H15ClN6O4S4. The predicted molar refractivity (Wildman–Crippen MR) is 121 cm³/mol. The highest BCUT2D eigenvalue weighted by Crippen LogP contribution is 2.44. The van der Waals surface area contributed by atoms with Crippen LogP contribution in [0.3, 0.4) is 0 Å². The molecule has 2 saturated heterocycles. The molecule has 4 heterocycles. The van der Waals surface area contributed by atoms with E-state index in [1.165, 1.54) is 51.1 Å². The number of nitrogens with one attached hydrogen (secondary N) is 1. The fourth-order valence-corrected chi connectivity index (χ4v) is 7.31. The van der Waals surface area contributed by atoms with Gasteiger partial charge in [0.25, 0.3) is 5.91 Å². The largest absolute Gasteiger partial charge is 0.481 e. The SMILES string of the molecule is Nc1nc(C(=CCl)C(=O)NC2C(=O)N3CC(CSc4nncs4)(C(=O)O)CS[C@H]23)cs1. The van der Waals surface area contributed by atoms with Crippen molar-refractivity contribution in [1.82, 2.24) is 25.4 Å². The second-order valence-electron chi connectivity index (χ2n) is 6.79. The molecule has 0 aliphatic carbocycles. The summed E-state index contributed by atoms with van der Waals surface area (Å²) in [4.78, 5) is 43.0. The number of nitrogen functional groups attached to an aromatic ring is 1. The fourth-order valence-electron chi connectivity index (χ4n) is 3.18. The highest BCUT2D eigenvalue weighted by molar-refractivity contribution is 8.01. The number of nitrogens with two attached hydrogens (primary N) is 1. The van der Waals surface area contributed by atoms with Crippen molar-refractivity contribution in [3.05, 3.63) is 22.1 Å². The number of hydrogen-bond donors (Lipinski definition) is 3. The zero-order valence-corrected chi connectivity index (χ0v) is 19.6. The number of rotatable bonds is 7. The number of carboxylic acids is 1.